The number of nitrogens with zero attached hydrogens (tertiary/aromatic N) is 2. The van der Waals surface area contributed by atoms with E-state index >= 15 is 0 Å². The molecule has 0 radical (unpaired) electrons. The number of para-hydroxylation sites is 2. The third-order valence-electron chi connectivity index (χ3n) is 4.20. The maximum absolute atomic E-state index is 8.72. The van der Waals surface area contributed by atoms with E-state index in [0.717, 1.165) is 46.6 Å². The summed E-state index contributed by atoms with van der Waals surface area (Å²) in [6.07, 6.45) is 0.870. The second-order valence-corrected chi connectivity index (χ2v) is 6.23. The number of nitrogens with one attached hydrogen (secondary N) is 1. The third-order valence-corrected chi connectivity index (χ3v) is 4.20. The molecule has 0 unspecified atom stereocenters. The Morgan fingerprint density at radius 2 is 1.96 bits per heavy atom. The molecule has 0 saturated carbocycles. The second-order valence-electron chi connectivity index (χ2n) is 6.23. The number of aryl methyl sites for hydroxylation is 1. The lowest BCUT2D eigenvalue weighted by Crippen LogP contribution is -2.07. The second kappa shape index (κ2) is 9.56. The minimum Gasteiger partial charge on any atom is -0.478 e. The molecule has 0 spiro atoms. The topological polar surface area (TPSA) is 67.2 Å². The van der Waals surface area contributed by atoms with Gasteiger partial charge in [0, 0.05) is 24.1 Å². The molecule has 138 valence electrons. The van der Waals surface area contributed by atoms with Gasteiger partial charge in [0.15, 0.2) is 6.61 Å². The molecule has 1 heterocycles. The summed E-state index contributed by atoms with van der Waals surface area (Å²) in [7, 11) is 0. The highest BCUT2D eigenvalue weighted by Gasteiger charge is 2.07. The van der Waals surface area contributed by atoms with Crippen LogP contribution in [0.4, 0.5) is 5.82 Å². The molecule has 2 aromatic carbocycles. The van der Waals surface area contributed by atoms with Crippen molar-refractivity contribution in [2.45, 2.75) is 20.0 Å². The zero-order valence-corrected chi connectivity index (χ0v) is 15.4. The van der Waals surface area contributed by atoms with Gasteiger partial charge in [-0.2, -0.15) is 5.26 Å². The normalized spacial score (nSPS) is 10.5. The van der Waals surface area contributed by atoms with E-state index in [0.29, 0.717) is 13.2 Å². The summed E-state index contributed by atoms with van der Waals surface area (Å²) in [4.78, 5) is 4.60. The van der Waals surface area contributed by atoms with E-state index in [4.69, 9.17) is 14.7 Å². The molecule has 0 amide bonds. The van der Waals surface area contributed by atoms with Gasteiger partial charge in [-0.05, 0) is 37.1 Å². The number of aromatic nitrogens is 1. The molecule has 27 heavy (non-hydrogen) atoms. The van der Waals surface area contributed by atoms with Crippen LogP contribution in [0.15, 0.2) is 54.6 Å². The Kier molecular flexibility index (Phi) is 6.61. The highest BCUT2D eigenvalue weighted by molar-refractivity contribution is 5.80. The van der Waals surface area contributed by atoms with Crippen LogP contribution in [0.3, 0.4) is 0 Å². The lowest BCUT2D eigenvalue weighted by atomic mass is 10.1. The summed E-state index contributed by atoms with van der Waals surface area (Å²) >= 11 is 0. The quantitative estimate of drug-likeness (QED) is 0.570. The molecule has 0 bridgehead atoms. The number of pyridine rings is 1. The van der Waals surface area contributed by atoms with Crippen LogP contribution >= 0.6 is 0 Å². The first-order valence-corrected chi connectivity index (χ1v) is 9.03. The molecule has 1 N–H and O–H groups in total. The largest absolute Gasteiger partial charge is 0.478 e. The number of anilines is 1. The SMILES string of the molecule is Cc1cccc(COCCCNc2ccc3ccccc3n2)c1OCC#N. The summed E-state index contributed by atoms with van der Waals surface area (Å²) in [5.41, 5.74) is 2.97. The summed E-state index contributed by atoms with van der Waals surface area (Å²) in [5, 5.41) is 13.2. The van der Waals surface area contributed by atoms with E-state index in [1.165, 1.54) is 0 Å². The summed E-state index contributed by atoms with van der Waals surface area (Å²) in [6, 6.07) is 20.1. The molecule has 5 heteroatoms. The number of benzene rings is 2. The minimum atomic E-state index is 0.0422. The molecular formula is C22H23N3O2. The Balaban J connectivity index is 1.43. The molecule has 3 rings (SSSR count). The van der Waals surface area contributed by atoms with Crippen LogP contribution in [0.2, 0.25) is 0 Å². The molecule has 0 fully saturated rings. The Morgan fingerprint density at radius 1 is 1.07 bits per heavy atom. The van der Waals surface area contributed by atoms with Crippen molar-refractivity contribution < 1.29 is 9.47 Å². The van der Waals surface area contributed by atoms with Gasteiger partial charge in [-0.25, -0.2) is 4.98 Å². The third kappa shape index (κ3) is 5.19. The zero-order valence-electron chi connectivity index (χ0n) is 15.4. The van der Waals surface area contributed by atoms with Crippen molar-refractivity contribution in [1.29, 1.82) is 5.26 Å². The Hall–Kier alpha value is -3.10. The van der Waals surface area contributed by atoms with Gasteiger partial charge in [-0.1, -0.05) is 36.4 Å². The number of nitriles is 1. The maximum Gasteiger partial charge on any atom is 0.174 e. The lowest BCUT2D eigenvalue weighted by molar-refractivity contribution is 0.118. The number of hydrogen-bond acceptors (Lipinski definition) is 5. The van der Waals surface area contributed by atoms with Crippen molar-refractivity contribution in [3.05, 3.63) is 65.7 Å². The highest BCUT2D eigenvalue weighted by atomic mass is 16.5. The Labute approximate surface area is 159 Å². The monoisotopic (exact) mass is 361 g/mol. The van der Waals surface area contributed by atoms with Crippen molar-refractivity contribution in [2.24, 2.45) is 0 Å². The summed E-state index contributed by atoms with van der Waals surface area (Å²) in [5.74, 6) is 1.62. The number of fused-ring (bicyclic) bond motifs is 1. The Bertz CT molecular complexity index is 934. The van der Waals surface area contributed by atoms with Crippen molar-refractivity contribution in [3.8, 4) is 11.8 Å². The van der Waals surface area contributed by atoms with Crippen LogP contribution in [-0.4, -0.2) is 24.7 Å². The van der Waals surface area contributed by atoms with E-state index in [-0.39, 0.29) is 6.61 Å². The van der Waals surface area contributed by atoms with Gasteiger partial charge in [0.05, 0.1) is 12.1 Å². The first kappa shape index (κ1) is 18.7. The molecule has 0 saturated heterocycles. The minimum absolute atomic E-state index is 0.0422. The zero-order chi connectivity index (χ0) is 18.9. The average molecular weight is 361 g/mol. The van der Waals surface area contributed by atoms with Gasteiger partial charge in [-0.3, -0.25) is 0 Å². The van der Waals surface area contributed by atoms with Crippen LogP contribution in [-0.2, 0) is 11.3 Å². The van der Waals surface area contributed by atoms with Gasteiger partial charge in [-0.15, -0.1) is 0 Å². The first-order valence-electron chi connectivity index (χ1n) is 9.03. The molecule has 0 aliphatic heterocycles. The van der Waals surface area contributed by atoms with Crippen LogP contribution in [0.5, 0.6) is 5.75 Å². The molecule has 5 nitrogen and oxygen atoms in total. The standard InChI is InChI=1S/C22H23N3O2/c1-17-6-4-8-19(22(17)27-15-12-23)16-26-14-5-13-24-21-11-10-18-7-2-3-9-20(18)25-21/h2-4,6-11H,5,13-16H2,1H3,(H,24,25). The number of ether oxygens (including phenoxy) is 2. The van der Waals surface area contributed by atoms with Gasteiger partial charge < -0.3 is 14.8 Å². The fourth-order valence-electron chi connectivity index (χ4n) is 2.88. The molecule has 3 aromatic rings. The fraction of sp³-hybridized carbons (Fsp3) is 0.273. The van der Waals surface area contributed by atoms with Gasteiger partial charge >= 0.3 is 0 Å². The van der Waals surface area contributed by atoms with E-state index in [1.807, 2.05) is 55.5 Å². The number of hydrogen-bond donors (Lipinski definition) is 1. The Morgan fingerprint density at radius 3 is 2.85 bits per heavy atom. The predicted molar refractivity (Wildman–Crippen MR) is 107 cm³/mol. The van der Waals surface area contributed by atoms with Gasteiger partial charge in [0.2, 0.25) is 0 Å². The maximum atomic E-state index is 8.72. The van der Waals surface area contributed by atoms with E-state index in [1.54, 1.807) is 0 Å². The van der Waals surface area contributed by atoms with Crippen molar-refractivity contribution in [3.63, 3.8) is 0 Å². The lowest BCUT2D eigenvalue weighted by Gasteiger charge is -2.12. The van der Waals surface area contributed by atoms with E-state index < -0.39 is 0 Å². The van der Waals surface area contributed by atoms with Crippen molar-refractivity contribution in [2.75, 3.05) is 25.1 Å². The predicted octanol–water partition coefficient (Wildman–Crippen LogP) is 4.46. The molecule has 0 atom stereocenters. The molecule has 0 aliphatic carbocycles. The van der Waals surface area contributed by atoms with Crippen LogP contribution in [0.1, 0.15) is 17.5 Å². The highest BCUT2D eigenvalue weighted by Crippen LogP contribution is 2.24. The van der Waals surface area contributed by atoms with E-state index in [2.05, 4.69) is 22.4 Å². The van der Waals surface area contributed by atoms with Crippen LogP contribution in [0.25, 0.3) is 10.9 Å². The fourth-order valence-corrected chi connectivity index (χ4v) is 2.88. The molecular weight excluding hydrogens is 338 g/mol. The van der Waals surface area contributed by atoms with E-state index in [9.17, 15) is 0 Å². The van der Waals surface area contributed by atoms with Crippen LogP contribution in [0, 0.1) is 18.3 Å². The smallest absolute Gasteiger partial charge is 0.174 e. The van der Waals surface area contributed by atoms with Crippen molar-refractivity contribution >= 4 is 16.7 Å². The molecule has 0 aliphatic rings. The van der Waals surface area contributed by atoms with Crippen LogP contribution < -0.4 is 10.1 Å². The number of rotatable bonds is 9. The summed E-state index contributed by atoms with van der Waals surface area (Å²) in [6.45, 7) is 3.90. The van der Waals surface area contributed by atoms with Gasteiger partial charge in [0.1, 0.15) is 17.6 Å². The average Bonchev–Trinajstić information content (AvgIpc) is 2.70. The molecule has 1 aromatic heterocycles. The first-order chi connectivity index (χ1) is 13.3. The van der Waals surface area contributed by atoms with Gasteiger partial charge in [0.25, 0.3) is 0 Å². The van der Waals surface area contributed by atoms with Crippen molar-refractivity contribution in [1.82, 2.24) is 4.98 Å². The summed E-state index contributed by atoms with van der Waals surface area (Å²) < 4.78 is 11.3.